The summed E-state index contributed by atoms with van der Waals surface area (Å²) in [7, 11) is 0. The van der Waals surface area contributed by atoms with Crippen LogP contribution in [0.5, 0.6) is 0 Å². The van der Waals surface area contributed by atoms with Crippen molar-refractivity contribution in [1.29, 1.82) is 0 Å². The van der Waals surface area contributed by atoms with Crippen LogP contribution in [0.25, 0.3) is 27.1 Å². The molecule has 0 heterocycles. The predicted molar refractivity (Wildman–Crippen MR) is 128 cm³/mol. The molecule has 1 unspecified atom stereocenters. The molecule has 3 aromatic carbocycles. The van der Waals surface area contributed by atoms with Crippen molar-refractivity contribution in [2.24, 2.45) is 5.92 Å². The molecule has 1 atom stereocenters. The van der Waals surface area contributed by atoms with Crippen LogP contribution in [0, 0.1) is 5.92 Å². The molecule has 0 radical (unpaired) electrons. The van der Waals surface area contributed by atoms with E-state index in [9.17, 15) is 0 Å². The molecule has 0 fully saturated rings. The van der Waals surface area contributed by atoms with Crippen LogP contribution in [-0.4, -0.2) is 0 Å². The lowest BCUT2D eigenvalue weighted by atomic mass is 9.88. The quantitative estimate of drug-likeness (QED) is 0.209. The van der Waals surface area contributed by atoms with Crippen LogP contribution in [0.15, 0.2) is 94.6 Å². The standard InChI is InChI=1S/C26H23I/c1-3-6-21(16-20-11-13-24(27)15-18(20)2)22-12-14-26-23(17-22)10-9-19-7-4-5-8-25(19)26/h3-10,12,14-18H,1,11,13H2,2H3/b20-16-,21-6+. The summed E-state index contributed by atoms with van der Waals surface area (Å²) < 4.78 is 1.48. The van der Waals surface area contributed by atoms with E-state index in [0.717, 1.165) is 12.8 Å². The van der Waals surface area contributed by atoms with E-state index in [1.807, 2.05) is 6.08 Å². The molecule has 4 rings (SSSR count). The second-order valence-corrected chi connectivity index (χ2v) is 8.59. The fourth-order valence-corrected chi connectivity index (χ4v) is 4.71. The van der Waals surface area contributed by atoms with E-state index < -0.39 is 0 Å². The molecule has 0 aliphatic heterocycles. The zero-order valence-corrected chi connectivity index (χ0v) is 17.7. The molecule has 134 valence electrons. The Labute approximate surface area is 175 Å². The first-order valence-corrected chi connectivity index (χ1v) is 10.5. The van der Waals surface area contributed by atoms with E-state index in [-0.39, 0.29) is 0 Å². The highest BCUT2D eigenvalue weighted by Crippen LogP contribution is 2.34. The Bertz CT molecular complexity index is 1110. The van der Waals surface area contributed by atoms with Gasteiger partial charge in [0.15, 0.2) is 0 Å². The number of benzene rings is 3. The summed E-state index contributed by atoms with van der Waals surface area (Å²) in [6.45, 7) is 6.23. The number of rotatable bonds is 3. The zero-order chi connectivity index (χ0) is 18.8. The molecule has 0 aromatic heterocycles. The Balaban J connectivity index is 1.80. The highest BCUT2D eigenvalue weighted by Gasteiger charge is 2.14. The van der Waals surface area contributed by atoms with Gasteiger partial charge in [0, 0.05) is 0 Å². The van der Waals surface area contributed by atoms with Gasteiger partial charge >= 0.3 is 0 Å². The first kappa shape index (κ1) is 18.2. The summed E-state index contributed by atoms with van der Waals surface area (Å²) in [5, 5.41) is 5.20. The molecule has 0 N–H and O–H groups in total. The van der Waals surface area contributed by atoms with Crippen molar-refractivity contribution >= 4 is 49.7 Å². The third-order valence-corrected chi connectivity index (χ3v) is 6.28. The number of allylic oxidation sites excluding steroid dienone is 7. The van der Waals surface area contributed by atoms with Crippen LogP contribution in [0.1, 0.15) is 25.3 Å². The highest BCUT2D eigenvalue weighted by atomic mass is 127. The maximum atomic E-state index is 3.93. The van der Waals surface area contributed by atoms with Gasteiger partial charge < -0.3 is 0 Å². The van der Waals surface area contributed by atoms with Crippen molar-refractivity contribution in [2.75, 3.05) is 0 Å². The highest BCUT2D eigenvalue weighted by molar-refractivity contribution is 14.1. The molecular formula is C26H23I. The number of hydrogen-bond donors (Lipinski definition) is 0. The van der Waals surface area contributed by atoms with Gasteiger partial charge in [-0.2, -0.15) is 0 Å². The second-order valence-electron chi connectivity index (χ2n) is 7.20. The van der Waals surface area contributed by atoms with Gasteiger partial charge in [-0.25, -0.2) is 0 Å². The van der Waals surface area contributed by atoms with Crippen LogP contribution in [0.4, 0.5) is 0 Å². The fraction of sp³-hybridized carbons (Fsp3) is 0.154. The van der Waals surface area contributed by atoms with E-state index >= 15 is 0 Å². The van der Waals surface area contributed by atoms with Gasteiger partial charge in [0.25, 0.3) is 0 Å². The van der Waals surface area contributed by atoms with E-state index in [4.69, 9.17) is 0 Å². The van der Waals surface area contributed by atoms with E-state index in [0.29, 0.717) is 5.92 Å². The van der Waals surface area contributed by atoms with E-state index in [2.05, 4.69) is 109 Å². The molecule has 1 aliphatic carbocycles. The van der Waals surface area contributed by atoms with Gasteiger partial charge in [-0.15, -0.1) is 0 Å². The van der Waals surface area contributed by atoms with Crippen molar-refractivity contribution < 1.29 is 0 Å². The second kappa shape index (κ2) is 7.85. The van der Waals surface area contributed by atoms with Gasteiger partial charge in [-0.3, -0.25) is 0 Å². The van der Waals surface area contributed by atoms with Gasteiger partial charge in [-0.05, 0) is 83.7 Å². The summed E-state index contributed by atoms with van der Waals surface area (Å²) in [5.74, 6) is 0.503. The average molecular weight is 462 g/mol. The molecule has 0 spiro atoms. The minimum absolute atomic E-state index is 0.503. The molecule has 1 aliphatic rings. The van der Waals surface area contributed by atoms with E-state index in [1.54, 1.807) is 0 Å². The Morgan fingerprint density at radius 3 is 2.59 bits per heavy atom. The predicted octanol–water partition coefficient (Wildman–Crippen LogP) is 8.24. The van der Waals surface area contributed by atoms with Crippen LogP contribution < -0.4 is 0 Å². The first-order valence-electron chi connectivity index (χ1n) is 9.47. The molecule has 1 heteroatoms. The largest absolute Gasteiger partial charge is 0.0990 e. The zero-order valence-electron chi connectivity index (χ0n) is 15.6. The maximum Gasteiger partial charge on any atom is -0.00379 e. The van der Waals surface area contributed by atoms with Crippen LogP contribution in [0.3, 0.4) is 0 Å². The van der Waals surface area contributed by atoms with Crippen LogP contribution in [-0.2, 0) is 0 Å². The molecule has 27 heavy (non-hydrogen) atoms. The fourth-order valence-electron chi connectivity index (χ4n) is 3.90. The van der Waals surface area contributed by atoms with E-state index in [1.165, 1.54) is 41.8 Å². The Morgan fingerprint density at radius 1 is 1.00 bits per heavy atom. The van der Waals surface area contributed by atoms with Crippen molar-refractivity contribution in [3.05, 3.63) is 100 Å². The lowest BCUT2D eigenvalue weighted by Crippen LogP contribution is -2.03. The minimum atomic E-state index is 0.503. The topological polar surface area (TPSA) is 0 Å². The minimum Gasteiger partial charge on any atom is -0.0990 e. The number of halogens is 1. The van der Waals surface area contributed by atoms with Crippen molar-refractivity contribution in [2.45, 2.75) is 19.8 Å². The Morgan fingerprint density at radius 2 is 1.78 bits per heavy atom. The van der Waals surface area contributed by atoms with Crippen LogP contribution >= 0.6 is 22.6 Å². The third kappa shape index (κ3) is 3.79. The molecule has 0 saturated heterocycles. The van der Waals surface area contributed by atoms with Crippen LogP contribution in [0.2, 0.25) is 0 Å². The lowest BCUT2D eigenvalue weighted by molar-refractivity contribution is 0.743. The Hall–Kier alpha value is -2.13. The monoisotopic (exact) mass is 462 g/mol. The SMILES string of the molecule is C=C/C=C(\C=C1\CCC(I)=CC1C)c1ccc2c(ccc3ccccc32)c1. The summed E-state index contributed by atoms with van der Waals surface area (Å²) in [6, 6.07) is 19.8. The van der Waals surface area contributed by atoms with Crippen molar-refractivity contribution in [3.63, 3.8) is 0 Å². The summed E-state index contributed by atoms with van der Waals surface area (Å²) in [4.78, 5) is 0. The third-order valence-electron chi connectivity index (χ3n) is 5.38. The normalized spacial score (nSPS) is 19.5. The number of hydrogen-bond acceptors (Lipinski definition) is 0. The summed E-state index contributed by atoms with van der Waals surface area (Å²) >= 11 is 2.46. The van der Waals surface area contributed by atoms with Gasteiger partial charge in [0.05, 0.1) is 0 Å². The lowest BCUT2D eigenvalue weighted by Gasteiger charge is -2.20. The molecule has 0 nitrogen and oxygen atoms in total. The van der Waals surface area contributed by atoms with Gasteiger partial charge in [0.2, 0.25) is 0 Å². The molecule has 0 bridgehead atoms. The average Bonchev–Trinajstić information content (AvgIpc) is 2.69. The summed E-state index contributed by atoms with van der Waals surface area (Å²) in [5.41, 5.74) is 4.00. The maximum absolute atomic E-state index is 3.93. The first-order chi connectivity index (χ1) is 13.2. The van der Waals surface area contributed by atoms with Crippen molar-refractivity contribution in [1.82, 2.24) is 0 Å². The van der Waals surface area contributed by atoms with Gasteiger partial charge in [-0.1, -0.05) is 91.9 Å². The van der Waals surface area contributed by atoms with Gasteiger partial charge in [0.1, 0.15) is 0 Å². The number of fused-ring (bicyclic) bond motifs is 3. The molecule has 3 aromatic rings. The molecular weight excluding hydrogens is 439 g/mol. The molecule has 0 amide bonds. The Kier molecular flexibility index (Phi) is 5.31. The summed E-state index contributed by atoms with van der Waals surface area (Å²) in [6.07, 6.45) is 11.1. The smallest absolute Gasteiger partial charge is 0.00379 e. The molecule has 0 saturated carbocycles. The van der Waals surface area contributed by atoms with Crippen molar-refractivity contribution in [3.8, 4) is 0 Å².